The summed E-state index contributed by atoms with van der Waals surface area (Å²) in [5.41, 5.74) is 4.92. The molecule has 0 spiro atoms. The maximum Gasteiger partial charge on any atom is 0.235 e. The molecule has 0 radical (unpaired) electrons. The first kappa shape index (κ1) is 14.4. The van der Waals surface area contributed by atoms with Crippen molar-refractivity contribution < 1.29 is 9.90 Å². The Hall–Kier alpha value is -0.680. The summed E-state index contributed by atoms with van der Waals surface area (Å²) in [4.78, 5) is 14.5. The van der Waals surface area contributed by atoms with Crippen LogP contribution in [0.4, 0.5) is 0 Å². The molecule has 1 aliphatic carbocycles. The molecule has 5 heteroatoms. The van der Waals surface area contributed by atoms with Gasteiger partial charge in [-0.3, -0.25) is 4.79 Å². The van der Waals surface area contributed by atoms with Crippen LogP contribution >= 0.6 is 12.2 Å². The van der Waals surface area contributed by atoms with Crippen molar-refractivity contribution >= 4 is 23.1 Å². The van der Waals surface area contributed by atoms with E-state index in [0.717, 1.165) is 19.3 Å². The highest BCUT2D eigenvalue weighted by Crippen LogP contribution is 2.31. The first-order chi connectivity index (χ1) is 7.97. The van der Waals surface area contributed by atoms with E-state index in [1.54, 1.807) is 11.8 Å². The summed E-state index contributed by atoms with van der Waals surface area (Å²) in [6, 6.07) is 0.259. The van der Waals surface area contributed by atoms with Gasteiger partial charge in [0.15, 0.2) is 0 Å². The number of rotatable bonds is 6. The molecule has 0 aromatic rings. The highest BCUT2D eigenvalue weighted by atomic mass is 32.1. The van der Waals surface area contributed by atoms with Gasteiger partial charge in [0.2, 0.25) is 5.91 Å². The number of carbonyl (C=O) groups is 1. The van der Waals surface area contributed by atoms with Gasteiger partial charge >= 0.3 is 0 Å². The lowest BCUT2D eigenvalue weighted by Crippen LogP contribution is -2.54. The Morgan fingerprint density at radius 2 is 2.18 bits per heavy atom. The summed E-state index contributed by atoms with van der Waals surface area (Å²) >= 11 is 5.02. The fourth-order valence-corrected chi connectivity index (χ4v) is 2.24. The fraction of sp³-hybridized carbons (Fsp3) is 0.833. The van der Waals surface area contributed by atoms with E-state index in [0.29, 0.717) is 13.0 Å². The van der Waals surface area contributed by atoms with Crippen LogP contribution in [-0.2, 0) is 4.79 Å². The van der Waals surface area contributed by atoms with Crippen molar-refractivity contribution in [1.29, 1.82) is 0 Å². The number of nitrogens with two attached hydrogens (primary N) is 1. The normalized spacial score (nSPS) is 19.2. The molecular weight excluding hydrogens is 236 g/mol. The number of thiocarbonyl (C=S) groups is 1. The van der Waals surface area contributed by atoms with Crippen molar-refractivity contribution in [3.8, 4) is 0 Å². The van der Waals surface area contributed by atoms with Gasteiger partial charge in [-0.05, 0) is 32.6 Å². The molecule has 0 saturated heterocycles. The Morgan fingerprint density at radius 1 is 1.59 bits per heavy atom. The van der Waals surface area contributed by atoms with Gasteiger partial charge in [0.25, 0.3) is 0 Å². The zero-order valence-electron chi connectivity index (χ0n) is 10.6. The minimum atomic E-state index is -0.778. The number of carbonyl (C=O) groups excluding carboxylic acids is 1. The number of aliphatic hydroxyl groups is 1. The highest BCUT2D eigenvalue weighted by Gasteiger charge is 2.41. The number of hydrogen-bond acceptors (Lipinski definition) is 3. The molecule has 1 atom stereocenters. The van der Waals surface area contributed by atoms with Gasteiger partial charge in [0.1, 0.15) is 0 Å². The summed E-state index contributed by atoms with van der Waals surface area (Å²) in [6.45, 7) is 4.07. The smallest absolute Gasteiger partial charge is 0.235 e. The fourth-order valence-electron chi connectivity index (χ4n) is 2.00. The van der Waals surface area contributed by atoms with E-state index < -0.39 is 5.41 Å². The van der Waals surface area contributed by atoms with Crippen LogP contribution in [-0.4, -0.2) is 40.1 Å². The van der Waals surface area contributed by atoms with Crippen LogP contribution in [0.2, 0.25) is 0 Å². The van der Waals surface area contributed by atoms with Crippen molar-refractivity contribution in [3.63, 3.8) is 0 Å². The average Bonchev–Trinajstić information content (AvgIpc) is 2.23. The molecule has 3 N–H and O–H groups in total. The molecule has 0 heterocycles. The lowest BCUT2D eigenvalue weighted by Gasteiger charge is -2.41. The number of aliphatic hydroxyl groups excluding tert-OH is 1. The Bertz CT molecular complexity index is 305. The second-order valence-electron chi connectivity index (χ2n) is 4.86. The quantitative estimate of drug-likeness (QED) is 0.699. The molecule has 17 heavy (non-hydrogen) atoms. The van der Waals surface area contributed by atoms with E-state index in [9.17, 15) is 4.79 Å². The summed E-state index contributed by atoms with van der Waals surface area (Å²) in [6.07, 6.45) is 3.78. The zero-order valence-corrected chi connectivity index (χ0v) is 11.4. The van der Waals surface area contributed by atoms with Crippen molar-refractivity contribution in [2.24, 2.45) is 11.1 Å². The maximum absolute atomic E-state index is 12.5. The number of hydrogen-bond donors (Lipinski definition) is 2. The minimum Gasteiger partial charge on any atom is -0.395 e. The molecule has 1 saturated carbocycles. The number of amides is 1. The molecule has 1 amide bonds. The molecular formula is C12H22N2O2S. The summed E-state index contributed by atoms with van der Waals surface area (Å²) in [5.74, 6) is -0.0359. The van der Waals surface area contributed by atoms with E-state index >= 15 is 0 Å². The van der Waals surface area contributed by atoms with Crippen LogP contribution in [0.3, 0.4) is 0 Å². The second kappa shape index (κ2) is 5.78. The Balaban J connectivity index is 2.85. The monoisotopic (exact) mass is 258 g/mol. The molecule has 0 aromatic heterocycles. The molecule has 0 bridgehead atoms. The molecule has 1 fully saturated rings. The molecule has 0 aliphatic heterocycles. The summed E-state index contributed by atoms with van der Waals surface area (Å²) in [7, 11) is 0. The second-order valence-corrected chi connectivity index (χ2v) is 5.30. The van der Waals surface area contributed by atoms with Gasteiger partial charge in [-0.1, -0.05) is 19.1 Å². The van der Waals surface area contributed by atoms with Crippen LogP contribution in [0.5, 0.6) is 0 Å². The van der Waals surface area contributed by atoms with Gasteiger partial charge in [-0.2, -0.15) is 0 Å². The third kappa shape index (κ3) is 2.77. The number of nitrogens with zero attached hydrogens (tertiary/aromatic N) is 1. The summed E-state index contributed by atoms with van der Waals surface area (Å²) in [5, 5.41) is 9.07. The Kier molecular flexibility index (Phi) is 4.89. The Morgan fingerprint density at radius 3 is 2.47 bits per heavy atom. The molecule has 1 aliphatic rings. The van der Waals surface area contributed by atoms with Crippen LogP contribution in [0.1, 0.15) is 39.5 Å². The molecule has 0 aromatic carbocycles. The van der Waals surface area contributed by atoms with Crippen molar-refractivity contribution in [3.05, 3.63) is 0 Å². The van der Waals surface area contributed by atoms with Gasteiger partial charge in [-0.25, -0.2) is 0 Å². The van der Waals surface area contributed by atoms with Gasteiger partial charge in [-0.15, -0.1) is 0 Å². The van der Waals surface area contributed by atoms with Crippen LogP contribution in [0.15, 0.2) is 0 Å². The van der Waals surface area contributed by atoms with Crippen molar-refractivity contribution in [1.82, 2.24) is 4.90 Å². The standard InChI is InChI=1S/C12H22N2O2S/c1-3-12(2,10(13)17)11(16)14(7-8-15)9-5-4-6-9/h9,15H,3-8H2,1-2H3,(H2,13,17). The predicted molar refractivity (Wildman–Crippen MR) is 71.6 cm³/mol. The van der Waals surface area contributed by atoms with Gasteiger partial charge in [0.05, 0.1) is 17.0 Å². The summed E-state index contributed by atoms with van der Waals surface area (Å²) < 4.78 is 0. The van der Waals surface area contributed by atoms with E-state index in [1.807, 2.05) is 6.92 Å². The SMILES string of the molecule is CCC(C)(C(=O)N(CCO)C1CCC1)C(N)=S. The third-order valence-corrected chi connectivity index (χ3v) is 4.29. The van der Waals surface area contributed by atoms with Crippen molar-refractivity contribution in [2.75, 3.05) is 13.2 Å². The average molecular weight is 258 g/mol. The van der Waals surface area contributed by atoms with Crippen molar-refractivity contribution in [2.45, 2.75) is 45.6 Å². The largest absolute Gasteiger partial charge is 0.395 e. The lowest BCUT2D eigenvalue weighted by molar-refractivity contribution is -0.142. The van der Waals surface area contributed by atoms with Crippen LogP contribution < -0.4 is 5.73 Å². The van der Waals surface area contributed by atoms with Crippen LogP contribution in [0, 0.1) is 5.41 Å². The topological polar surface area (TPSA) is 66.6 Å². The maximum atomic E-state index is 12.5. The van der Waals surface area contributed by atoms with E-state index in [2.05, 4.69) is 0 Å². The Labute approximate surface area is 108 Å². The zero-order chi connectivity index (χ0) is 13.1. The molecule has 98 valence electrons. The lowest BCUT2D eigenvalue weighted by atomic mass is 9.83. The molecule has 4 nitrogen and oxygen atoms in total. The van der Waals surface area contributed by atoms with Crippen LogP contribution in [0.25, 0.3) is 0 Å². The van der Waals surface area contributed by atoms with E-state index in [4.69, 9.17) is 23.1 Å². The van der Waals surface area contributed by atoms with E-state index in [1.165, 1.54) is 0 Å². The first-order valence-corrected chi connectivity index (χ1v) is 6.60. The van der Waals surface area contributed by atoms with Gasteiger partial charge < -0.3 is 15.7 Å². The molecule has 1 unspecified atom stereocenters. The third-order valence-electron chi connectivity index (χ3n) is 3.84. The molecule has 1 rings (SSSR count). The minimum absolute atomic E-state index is 0.0145. The predicted octanol–water partition coefficient (Wildman–Crippen LogP) is 1.06. The van der Waals surface area contributed by atoms with Gasteiger partial charge in [0, 0.05) is 12.6 Å². The first-order valence-electron chi connectivity index (χ1n) is 6.19. The van der Waals surface area contributed by atoms with E-state index in [-0.39, 0.29) is 23.5 Å². The highest BCUT2D eigenvalue weighted by molar-refractivity contribution is 7.80.